The van der Waals surface area contributed by atoms with E-state index in [-0.39, 0.29) is 0 Å². The second kappa shape index (κ2) is 7.84. The van der Waals surface area contributed by atoms with Gasteiger partial charge in [0.15, 0.2) is 11.5 Å². The Bertz CT molecular complexity index is 877. The molecule has 2 aliphatic heterocycles. The number of imidazole rings is 1. The molecule has 1 aromatic carbocycles. The molecule has 2 fully saturated rings. The van der Waals surface area contributed by atoms with Gasteiger partial charge < -0.3 is 19.1 Å². The van der Waals surface area contributed by atoms with Crippen molar-refractivity contribution in [3.8, 4) is 11.5 Å². The quantitative estimate of drug-likeness (QED) is 0.727. The number of rotatable bonds is 7. The molecule has 6 nitrogen and oxygen atoms in total. The van der Waals surface area contributed by atoms with E-state index in [0.717, 1.165) is 61.5 Å². The Morgan fingerprint density at radius 3 is 2.52 bits per heavy atom. The maximum Gasteiger partial charge on any atom is 0.164 e. The summed E-state index contributed by atoms with van der Waals surface area (Å²) in [5, 5.41) is 11.4. The highest BCUT2D eigenvalue weighted by molar-refractivity contribution is 5.50. The lowest BCUT2D eigenvalue weighted by atomic mass is 9.85. The fraction of sp³-hybridized carbons (Fsp3) is 0.522. The summed E-state index contributed by atoms with van der Waals surface area (Å²) in [5.41, 5.74) is 1.45. The molecule has 1 aromatic heterocycles. The van der Waals surface area contributed by atoms with Gasteiger partial charge in [0, 0.05) is 43.6 Å². The zero-order valence-corrected chi connectivity index (χ0v) is 17.6. The number of aromatic nitrogens is 2. The molecule has 0 radical (unpaired) electrons. The minimum absolute atomic E-state index is 0.353. The van der Waals surface area contributed by atoms with Crippen molar-refractivity contribution in [3.63, 3.8) is 0 Å². The number of piperidine rings is 1. The number of allylic oxidation sites excluding steroid dienone is 1. The van der Waals surface area contributed by atoms with Crippen LogP contribution < -0.4 is 9.47 Å². The van der Waals surface area contributed by atoms with E-state index in [4.69, 9.17) is 9.47 Å². The molecule has 4 rings (SSSR count). The van der Waals surface area contributed by atoms with E-state index in [0.29, 0.717) is 12.1 Å². The van der Waals surface area contributed by atoms with Crippen LogP contribution in [0.5, 0.6) is 11.5 Å². The smallest absolute Gasteiger partial charge is 0.164 e. The number of ether oxygens (including phenoxy) is 2. The first-order chi connectivity index (χ1) is 14.0. The number of aliphatic hydroxyl groups is 1. The van der Waals surface area contributed by atoms with Gasteiger partial charge in [-0.25, -0.2) is 4.98 Å². The van der Waals surface area contributed by atoms with E-state index in [9.17, 15) is 5.11 Å². The highest BCUT2D eigenvalue weighted by Crippen LogP contribution is 2.46. The van der Waals surface area contributed by atoms with Gasteiger partial charge in [-0.15, -0.1) is 6.58 Å². The summed E-state index contributed by atoms with van der Waals surface area (Å²) in [6.45, 7) is 4.71. The van der Waals surface area contributed by atoms with E-state index in [2.05, 4.69) is 28.6 Å². The van der Waals surface area contributed by atoms with Crippen molar-refractivity contribution in [3.05, 3.63) is 54.1 Å². The Labute approximate surface area is 172 Å². The molecule has 156 valence electrons. The van der Waals surface area contributed by atoms with Crippen LogP contribution in [-0.2, 0) is 25.6 Å². The van der Waals surface area contributed by atoms with Crippen LogP contribution in [0.4, 0.5) is 0 Å². The number of hydrogen-bond donors (Lipinski definition) is 1. The zero-order chi connectivity index (χ0) is 20.6. The first-order valence-electron chi connectivity index (χ1n) is 10.3. The molecule has 0 amide bonds. The molecule has 2 atom stereocenters. The molecule has 29 heavy (non-hydrogen) atoms. The fourth-order valence-electron chi connectivity index (χ4n) is 5.29. The SMILES string of the molecule is C=CCc1cc(CN2C3CCC2CC(O)(c2nccn2C)C3)cc(OC)c1OC. The molecule has 2 aliphatic rings. The number of methoxy groups -OCH3 is 2. The number of benzene rings is 1. The van der Waals surface area contributed by atoms with Crippen molar-refractivity contribution in [2.45, 2.75) is 56.3 Å². The van der Waals surface area contributed by atoms with Crippen LogP contribution in [-0.4, -0.2) is 45.9 Å². The minimum Gasteiger partial charge on any atom is -0.493 e. The second-order valence-corrected chi connectivity index (χ2v) is 8.34. The van der Waals surface area contributed by atoms with Crippen LogP contribution in [0.25, 0.3) is 0 Å². The molecular formula is C23H31N3O3. The van der Waals surface area contributed by atoms with Crippen LogP contribution in [0.2, 0.25) is 0 Å². The Hall–Kier alpha value is -2.31. The molecule has 1 N–H and O–H groups in total. The van der Waals surface area contributed by atoms with Gasteiger partial charge in [0.05, 0.1) is 14.2 Å². The van der Waals surface area contributed by atoms with Crippen LogP contribution in [0, 0.1) is 0 Å². The average molecular weight is 398 g/mol. The van der Waals surface area contributed by atoms with E-state index in [1.807, 2.05) is 23.9 Å². The standard InChI is InChI=1S/C23H31N3O3/c1-5-6-17-11-16(12-20(28-3)21(17)29-4)15-26-18-7-8-19(26)14-23(27,13-18)22-24-9-10-25(22)2/h5,9-12,18-19,27H,1,6-8,13-15H2,2-4H3. The number of fused-ring (bicyclic) bond motifs is 2. The monoisotopic (exact) mass is 397 g/mol. The van der Waals surface area contributed by atoms with E-state index in [1.54, 1.807) is 20.4 Å². The highest BCUT2D eigenvalue weighted by atomic mass is 16.5. The third-order valence-electron chi connectivity index (χ3n) is 6.50. The van der Waals surface area contributed by atoms with Crippen molar-refractivity contribution >= 4 is 0 Å². The number of hydrogen-bond acceptors (Lipinski definition) is 5. The summed E-state index contributed by atoms with van der Waals surface area (Å²) < 4.78 is 13.1. The lowest BCUT2D eigenvalue weighted by Gasteiger charge is -2.43. The first-order valence-corrected chi connectivity index (χ1v) is 10.3. The van der Waals surface area contributed by atoms with Crippen LogP contribution in [0.15, 0.2) is 37.2 Å². The molecule has 0 spiro atoms. The first kappa shape index (κ1) is 20.0. The molecular weight excluding hydrogens is 366 g/mol. The van der Waals surface area contributed by atoms with Crippen LogP contribution >= 0.6 is 0 Å². The Kier molecular flexibility index (Phi) is 5.40. The predicted molar refractivity (Wildman–Crippen MR) is 112 cm³/mol. The molecule has 0 aliphatic carbocycles. The Morgan fingerprint density at radius 2 is 1.97 bits per heavy atom. The Morgan fingerprint density at radius 1 is 1.24 bits per heavy atom. The summed E-state index contributed by atoms with van der Waals surface area (Å²) in [6, 6.07) is 4.98. The summed E-state index contributed by atoms with van der Waals surface area (Å²) in [5.74, 6) is 2.33. The molecule has 2 aromatic rings. The van der Waals surface area contributed by atoms with Crippen molar-refractivity contribution in [2.75, 3.05) is 14.2 Å². The fourth-order valence-corrected chi connectivity index (χ4v) is 5.29. The van der Waals surface area contributed by atoms with E-state index < -0.39 is 5.60 Å². The highest BCUT2D eigenvalue weighted by Gasteiger charge is 2.49. The lowest BCUT2D eigenvalue weighted by Crippen LogP contribution is -2.50. The third kappa shape index (κ3) is 3.55. The van der Waals surface area contributed by atoms with Crippen LogP contribution in [0.3, 0.4) is 0 Å². The molecule has 0 saturated carbocycles. The number of nitrogens with zero attached hydrogens (tertiary/aromatic N) is 3. The van der Waals surface area contributed by atoms with Gasteiger partial charge in [-0.1, -0.05) is 12.1 Å². The van der Waals surface area contributed by atoms with E-state index in [1.165, 1.54) is 5.56 Å². The maximum absolute atomic E-state index is 11.4. The normalized spacial score (nSPS) is 26.5. The maximum atomic E-state index is 11.4. The van der Waals surface area contributed by atoms with Gasteiger partial charge in [-0.05, 0) is 43.7 Å². The minimum atomic E-state index is -0.841. The third-order valence-corrected chi connectivity index (χ3v) is 6.50. The van der Waals surface area contributed by atoms with Gasteiger partial charge in [0.2, 0.25) is 0 Å². The van der Waals surface area contributed by atoms with Gasteiger partial charge in [0.25, 0.3) is 0 Å². The molecule has 3 heterocycles. The van der Waals surface area contributed by atoms with Crippen molar-refractivity contribution in [2.24, 2.45) is 7.05 Å². The summed E-state index contributed by atoms with van der Waals surface area (Å²) in [4.78, 5) is 7.00. The molecule has 6 heteroatoms. The lowest BCUT2D eigenvalue weighted by molar-refractivity contribution is -0.0669. The van der Waals surface area contributed by atoms with Crippen molar-refractivity contribution in [1.82, 2.24) is 14.5 Å². The van der Waals surface area contributed by atoms with Gasteiger partial charge >= 0.3 is 0 Å². The van der Waals surface area contributed by atoms with Gasteiger partial charge in [0.1, 0.15) is 11.4 Å². The molecule has 2 unspecified atom stereocenters. The zero-order valence-electron chi connectivity index (χ0n) is 17.6. The summed E-state index contributed by atoms with van der Waals surface area (Å²) in [6.07, 6.45) is 9.98. The average Bonchev–Trinajstić information content (AvgIpc) is 3.23. The van der Waals surface area contributed by atoms with Crippen molar-refractivity contribution < 1.29 is 14.6 Å². The largest absolute Gasteiger partial charge is 0.493 e. The van der Waals surface area contributed by atoms with Crippen LogP contribution in [0.1, 0.15) is 42.6 Å². The van der Waals surface area contributed by atoms with Gasteiger partial charge in [-0.3, -0.25) is 4.90 Å². The van der Waals surface area contributed by atoms with Gasteiger partial charge in [-0.2, -0.15) is 0 Å². The predicted octanol–water partition coefficient (Wildman–Crippen LogP) is 3.18. The summed E-state index contributed by atoms with van der Waals surface area (Å²) in [7, 11) is 5.31. The molecule has 2 saturated heterocycles. The second-order valence-electron chi connectivity index (χ2n) is 8.34. The van der Waals surface area contributed by atoms with E-state index >= 15 is 0 Å². The van der Waals surface area contributed by atoms with Crippen molar-refractivity contribution in [1.29, 1.82) is 0 Å². The molecule has 2 bridgehead atoms. The Balaban J connectivity index is 1.58. The number of aryl methyl sites for hydroxylation is 1. The summed E-state index contributed by atoms with van der Waals surface area (Å²) >= 11 is 0. The topological polar surface area (TPSA) is 59.8 Å².